The lowest BCUT2D eigenvalue weighted by Gasteiger charge is -2.16. The third-order valence-corrected chi connectivity index (χ3v) is 4.06. The molecule has 0 saturated carbocycles. The molecule has 1 N–H and O–H groups in total. The first-order valence-electron chi connectivity index (χ1n) is 8.71. The number of hydrogen-bond acceptors (Lipinski definition) is 7. The summed E-state index contributed by atoms with van der Waals surface area (Å²) in [7, 11) is 4.44. The first kappa shape index (κ1) is 21.6. The summed E-state index contributed by atoms with van der Waals surface area (Å²) < 4.78 is 21.0. The van der Waals surface area contributed by atoms with Crippen molar-refractivity contribution in [3.05, 3.63) is 47.5 Å². The van der Waals surface area contributed by atoms with E-state index in [2.05, 4.69) is 5.32 Å². The fourth-order valence-electron chi connectivity index (χ4n) is 2.62. The Morgan fingerprint density at radius 3 is 2.24 bits per heavy atom. The summed E-state index contributed by atoms with van der Waals surface area (Å²) in [6, 6.07) is 11.8. The highest BCUT2D eigenvalue weighted by Crippen LogP contribution is 2.38. The molecule has 0 saturated heterocycles. The summed E-state index contributed by atoms with van der Waals surface area (Å²) in [5.41, 5.74) is 1.25. The molecule has 0 spiro atoms. The Balaban J connectivity index is 2.05. The van der Waals surface area contributed by atoms with Crippen molar-refractivity contribution in [1.29, 1.82) is 5.26 Å². The summed E-state index contributed by atoms with van der Waals surface area (Å²) in [4.78, 5) is 24.6. The maximum Gasteiger partial charge on any atom is 0.311 e. The van der Waals surface area contributed by atoms with E-state index in [1.54, 1.807) is 36.4 Å². The molecule has 0 aliphatic heterocycles. The Kier molecular flexibility index (Phi) is 7.43. The number of ether oxygens (including phenoxy) is 4. The molecule has 2 aromatic rings. The van der Waals surface area contributed by atoms with Gasteiger partial charge in [0.1, 0.15) is 6.07 Å². The van der Waals surface area contributed by atoms with E-state index in [4.69, 9.17) is 24.2 Å². The Hall–Kier alpha value is -3.73. The summed E-state index contributed by atoms with van der Waals surface area (Å²) >= 11 is 0. The molecule has 0 aromatic heterocycles. The molecule has 0 radical (unpaired) electrons. The number of rotatable bonds is 8. The van der Waals surface area contributed by atoms with Crippen LogP contribution in [0.3, 0.4) is 0 Å². The van der Waals surface area contributed by atoms with Gasteiger partial charge in [0.15, 0.2) is 17.6 Å². The molecule has 29 heavy (non-hydrogen) atoms. The third-order valence-electron chi connectivity index (χ3n) is 4.06. The molecular weight excluding hydrogens is 376 g/mol. The highest BCUT2D eigenvalue weighted by molar-refractivity contribution is 5.96. The molecule has 0 bridgehead atoms. The smallest absolute Gasteiger partial charge is 0.311 e. The van der Waals surface area contributed by atoms with Crippen LogP contribution in [0.1, 0.15) is 18.1 Å². The van der Waals surface area contributed by atoms with E-state index in [1.165, 1.54) is 28.3 Å². The number of amides is 1. The number of nitriles is 1. The molecule has 1 amide bonds. The molecule has 0 unspecified atom stereocenters. The first-order chi connectivity index (χ1) is 13.9. The summed E-state index contributed by atoms with van der Waals surface area (Å²) in [5, 5.41) is 11.7. The van der Waals surface area contributed by atoms with Gasteiger partial charge in [0.2, 0.25) is 5.75 Å². The summed E-state index contributed by atoms with van der Waals surface area (Å²) in [6.45, 7) is 1.46. The average molecular weight is 398 g/mol. The zero-order chi connectivity index (χ0) is 21.4. The van der Waals surface area contributed by atoms with Crippen molar-refractivity contribution in [1.82, 2.24) is 0 Å². The molecule has 0 fully saturated rings. The number of para-hydroxylation sites is 1. The Morgan fingerprint density at radius 1 is 1.07 bits per heavy atom. The van der Waals surface area contributed by atoms with Crippen molar-refractivity contribution in [2.45, 2.75) is 19.4 Å². The molecule has 1 atom stereocenters. The van der Waals surface area contributed by atoms with Crippen LogP contribution in [0.4, 0.5) is 5.69 Å². The molecule has 0 heterocycles. The second kappa shape index (κ2) is 9.99. The molecule has 152 valence electrons. The fraction of sp³-hybridized carbons (Fsp3) is 0.286. The van der Waals surface area contributed by atoms with E-state index >= 15 is 0 Å². The van der Waals surface area contributed by atoms with Gasteiger partial charge in [0.05, 0.1) is 39.0 Å². The zero-order valence-electron chi connectivity index (χ0n) is 16.6. The van der Waals surface area contributed by atoms with Crippen molar-refractivity contribution in [2.24, 2.45) is 0 Å². The van der Waals surface area contributed by atoms with Gasteiger partial charge in [-0.15, -0.1) is 0 Å². The average Bonchev–Trinajstić information content (AvgIpc) is 2.72. The van der Waals surface area contributed by atoms with Crippen LogP contribution in [0.2, 0.25) is 0 Å². The van der Waals surface area contributed by atoms with Gasteiger partial charge in [0.25, 0.3) is 5.91 Å². The number of anilines is 1. The Bertz CT molecular complexity index is 910. The molecule has 0 aliphatic carbocycles. The van der Waals surface area contributed by atoms with Crippen LogP contribution in [0.25, 0.3) is 0 Å². The van der Waals surface area contributed by atoms with Crippen LogP contribution < -0.4 is 19.5 Å². The highest BCUT2D eigenvalue weighted by Gasteiger charge is 2.20. The van der Waals surface area contributed by atoms with Gasteiger partial charge >= 0.3 is 5.97 Å². The lowest BCUT2D eigenvalue weighted by atomic mass is 10.1. The lowest BCUT2D eigenvalue weighted by Crippen LogP contribution is -2.30. The standard InChI is InChI=1S/C21H22N2O6/c1-13(21(25)23-16-8-6-5-7-15(16)12-22)29-19(24)11-14-9-17(26-2)20(28-4)18(10-14)27-3/h5-10,13H,11H2,1-4H3,(H,23,25)/t13-/m1/s1. The Labute approximate surface area is 168 Å². The molecule has 8 heteroatoms. The topological polar surface area (TPSA) is 107 Å². The number of nitrogens with zero attached hydrogens (tertiary/aromatic N) is 1. The number of benzene rings is 2. The van der Waals surface area contributed by atoms with Crippen LogP contribution in [-0.2, 0) is 20.7 Å². The number of carbonyl (C=O) groups excluding carboxylic acids is 2. The normalized spacial score (nSPS) is 11.0. The van der Waals surface area contributed by atoms with E-state index in [1.807, 2.05) is 6.07 Å². The lowest BCUT2D eigenvalue weighted by molar-refractivity contribution is -0.152. The van der Waals surface area contributed by atoms with Crippen LogP contribution in [0.15, 0.2) is 36.4 Å². The highest BCUT2D eigenvalue weighted by atomic mass is 16.5. The van der Waals surface area contributed by atoms with Gasteiger partial charge in [0, 0.05) is 0 Å². The summed E-state index contributed by atoms with van der Waals surface area (Å²) in [6.07, 6.45) is -1.14. The number of esters is 1. The van der Waals surface area contributed by atoms with Crippen molar-refractivity contribution >= 4 is 17.6 Å². The number of hydrogen-bond donors (Lipinski definition) is 1. The van der Waals surface area contributed by atoms with Gasteiger partial charge in [-0.1, -0.05) is 12.1 Å². The van der Waals surface area contributed by atoms with Gasteiger partial charge < -0.3 is 24.3 Å². The monoisotopic (exact) mass is 398 g/mol. The van der Waals surface area contributed by atoms with Gasteiger partial charge in [-0.05, 0) is 36.8 Å². The van der Waals surface area contributed by atoms with E-state index in [0.717, 1.165) is 0 Å². The minimum absolute atomic E-state index is 0.0941. The molecule has 2 rings (SSSR count). The second-order valence-corrected chi connectivity index (χ2v) is 5.99. The van der Waals surface area contributed by atoms with E-state index in [9.17, 15) is 9.59 Å². The second-order valence-electron chi connectivity index (χ2n) is 5.99. The number of methoxy groups -OCH3 is 3. The third kappa shape index (κ3) is 5.39. The summed E-state index contributed by atoms with van der Waals surface area (Å²) in [5.74, 6) is 0.0968. The maximum absolute atomic E-state index is 12.3. The van der Waals surface area contributed by atoms with E-state index in [-0.39, 0.29) is 6.42 Å². The predicted octanol–water partition coefficient (Wildman–Crippen LogP) is 2.70. The van der Waals surface area contributed by atoms with Crippen LogP contribution in [0.5, 0.6) is 17.2 Å². The van der Waals surface area contributed by atoms with E-state index < -0.39 is 18.0 Å². The quantitative estimate of drug-likeness (QED) is 0.681. The molecular formula is C21H22N2O6. The Morgan fingerprint density at radius 2 is 1.69 bits per heavy atom. The van der Waals surface area contributed by atoms with Crippen LogP contribution in [-0.4, -0.2) is 39.3 Å². The van der Waals surface area contributed by atoms with Crippen LogP contribution in [0, 0.1) is 11.3 Å². The van der Waals surface area contributed by atoms with Crippen molar-refractivity contribution < 1.29 is 28.5 Å². The SMILES string of the molecule is COc1cc(CC(=O)O[C@H](C)C(=O)Nc2ccccc2C#N)cc(OC)c1OC. The molecule has 2 aromatic carbocycles. The van der Waals surface area contributed by atoms with Gasteiger partial charge in [-0.25, -0.2) is 0 Å². The predicted molar refractivity (Wildman–Crippen MR) is 105 cm³/mol. The van der Waals surface area contributed by atoms with Crippen molar-refractivity contribution in [2.75, 3.05) is 26.6 Å². The number of carbonyl (C=O) groups is 2. The van der Waals surface area contributed by atoms with Gasteiger partial charge in [-0.2, -0.15) is 5.26 Å². The van der Waals surface area contributed by atoms with Crippen LogP contribution >= 0.6 is 0 Å². The van der Waals surface area contributed by atoms with Crippen molar-refractivity contribution in [3.8, 4) is 23.3 Å². The van der Waals surface area contributed by atoms with E-state index in [0.29, 0.717) is 34.1 Å². The first-order valence-corrected chi connectivity index (χ1v) is 8.71. The molecule has 0 aliphatic rings. The zero-order valence-corrected chi connectivity index (χ0v) is 16.6. The van der Waals surface area contributed by atoms with Crippen molar-refractivity contribution in [3.63, 3.8) is 0 Å². The number of nitrogens with one attached hydrogen (secondary N) is 1. The minimum atomic E-state index is -1.05. The largest absolute Gasteiger partial charge is 0.493 e. The van der Waals surface area contributed by atoms with Gasteiger partial charge in [-0.3, -0.25) is 9.59 Å². The molecule has 8 nitrogen and oxygen atoms in total. The minimum Gasteiger partial charge on any atom is -0.493 e. The maximum atomic E-state index is 12.3. The fourth-order valence-corrected chi connectivity index (χ4v) is 2.62.